The number of ether oxygens (including phenoxy) is 2. The highest BCUT2D eigenvalue weighted by molar-refractivity contribution is 5.42. The zero-order chi connectivity index (χ0) is 16.8. The van der Waals surface area contributed by atoms with Gasteiger partial charge in [0.25, 0.3) is 0 Å². The average molecular weight is 310 g/mol. The lowest BCUT2D eigenvalue weighted by Crippen LogP contribution is -2.20. The van der Waals surface area contributed by atoms with Crippen molar-refractivity contribution in [3.05, 3.63) is 23.8 Å². The zero-order valence-electron chi connectivity index (χ0n) is 15.0. The first-order chi connectivity index (χ1) is 10.8. The lowest BCUT2D eigenvalue weighted by atomic mass is 10.1. The Balaban J connectivity index is 0.00000102. The Morgan fingerprint density at radius 3 is 2.14 bits per heavy atom. The maximum atomic E-state index is 5.32. The smallest absolute Gasteiger partial charge is 0.160 e. The van der Waals surface area contributed by atoms with Crippen molar-refractivity contribution in [1.82, 2.24) is 4.90 Å². The number of nitrogens with two attached hydrogens (primary N) is 1. The molecule has 0 unspecified atom stereocenters. The third-order valence-corrected chi connectivity index (χ3v) is 3.59. The van der Waals surface area contributed by atoms with Gasteiger partial charge in [-0.05, 0) is 70.1 Å². The SMILES string of the molecule is CC.CN.COc1ccc(CCCN2CCCC2)cc1OC. The van der Waals surface area contributed by atoms with Crippen LogP contribution in [0.3, 0.4) is 0 Å². The molecule has 4 heteroatoms. The number of benzene rings is 1. The highest BCUT2D eigenvalue weighted by Crippen LogP contribution is 2.28. The quantitative estimate of drug-likeness (QED) is 0.875. The van der Waals surface area contributed by atoms with E-state index in [1.54, 1.807) is 14.2 Å². The van der Waals surface area contributed by atoms with Crippen LogP contribution >= 0.6 is 0 Å². The first-order valence-corrected chi connectivity index (χ1v) is 8.34. The fraction of sp³-hybridized carbons (Fsp3) is 0.667. The number of aryl methyl sites for hydroxylation is 1. The molecule has 1 saturated heterocycles. The Morgan fingerprint density at radius 1 is 1.00 bits per heavy atom. The zero-order valence-corrected chi connectivity index (χ0v) is 15.0. The van der Waals surface area contributed by atoms with E-state index < -0.39 is 0 Å². The lowest BCUT2D eigenvalue weighted by Gasteiger charge is -2.14. The van der Waals surface area contributed by atoms with Crippen molar-refractivity contribution < 1.29 is 9.47 Å². The largest absolute Gasteiger partial charge is 0.493 e. The highest BCUT2D eigenvalue weighted by Gasteiger charge is 2.10. The number of hydrogen-bond acceptors (Lipinski definition) is 4. The molecule has 1 aromatic carbocycles. The van der Waals surface area contributed by atoms with Gasteiger partial charge in [0.05, 0.1) is 14.2 Å². The standard InChI is InChI=1S/C15H23NO2.C2H6.CH5N/c1-17-14-8-7-13(12-15(14)18-2)6-5-11-16-9-3-4-10-16;2*1-2/h7-8,12H,3-6,9-11H2,1-2H3;1-2H3;2H2,1H3. The lowest BCUT2D eigenvalue weighted by molar-refractivity contribution is 0.333. The van der Waals surface area contributed by atoms with Gasteiger partial charge < -0.3 is 20.1 Å². The molecule has 4 nitrogen and oxygen atoms in total. The first kappa shape index (κ1) is 20.7. The van der Waals surface area contributed by atoms with Gasteiger partial charge in [0, 0.05) is 0 Å². The summed E-state index contributed by atoms with van der Waals surface area (Å²) in [4.78, 5) is 2.56. The molecule has 0 spiro atoms. The van der Waals surface area contributed by atoms with E-state index in [0.29, 0.717) is 0 Å². The van der Waals surface area contributed by atoms with E-state index in [1.165, 1.54) is 51.5 Å². The van der Waals surface area contributed by atoms with Crippen molar-refractivity contribution in [2.45, 2.75) is 39.5 Å². The van der Waals surface area contributed by atoms with E-state index in [0.717, 1.165) is 17.9 Å². The molecule has 22 heavy (non-hydrogen) atoms. The van der Waals surface area contributed by atoms with Crippen molar-refractivity contribution in [3.63, 3.8) is 0 Å². The molecule has 1 heterocycles. The van der Waals surface area contributed by atoms with E-state index in [1.807, 2.05) is 19.9 Å². The Hall–Kier alpha value is -1.26. The second-order valence-electron chi connectivity index (χ2n) is 4.84. The van der Waals surface area contributed by atoms with Crippen LogP contribution in [0.25, 0.3) is 0 Å². The van der Waals surface area contributed by atoms with Crippen molar-refractivity contribution in [2.24, 2.45) is 5.73 Å². The van der Waals surface area contributed by atoms with E-state index in [-0.39, 0.29) is 0 Å². The summed E-state index contributed by atoms with van der Waals surface area (Å²) >= 11 is 0. The van der Waals surface area contributed by atoms with Crippen LogP contribution in [0.2, 0.25) is 0 Å². The summed E-state index contributed by atoms with van der Waals surface area (Å²) in [6.07, 6.45) is 5.07. The molecule has 2 N–H and O–H groups in total. The molecular weight excluding hydrogens is 276 g/mol. The summed E-state index contributed by atoms with van der Waals surface area (Å²) < 4.78 is 10.6. The van der Waals surface area contributed by atoms with Gasteiger partial charge in [-0.25, -0.2) is 0 Å². The van der Waals surface area contributed by atoms with Gasteiger partial charge in [-0.1, -0.05) is 19.9 Å². The Bertz CT molecular complexity index is 377. The maximum Gasteiger partial charge on any atom is 0.160 e. The molecule has 0 aromatic heterocycles. The Kier molecular flexibility index (Phi) is 12.6. The summed E-state index contributed by atoms with van der Waals surface area (Å²) in [6.45, 7) is 7.78. The summed E-state index contributed by atoms with van der Waals surface area (Å²) in [6, 6.07) is 6.21. The van der Waals surface area contributed by atoms with Crippen LogP contribution in [-0.4, -0.2) is 45.8 Å². The third kappa shape index (κ3) is 7.14. The molecule has 2 rings (SSSR count). The van der Waals surface area contributed by atoms with Gasteiger partial charge in [-0.15, -0.1) is 0 Å². The van der Waals surface area contributed by atoms with Crippen LogP contribution in [0.5, 0.6) is 11.5 Å². The van der Waals surface area contributed by atoms with Gasteiger partial charge in [0.2, 0.25) is 0 Å². The molecule has 0 atom stereocenters. The number of likely N-dealkylation sites (tertiary alicyclic amines) is 1. The van der Waals surface area contributed by atoms with Crippen LogP contribution in [-0.2, 0) is 6.42 Å². The summed E-state index contributed by atoms with van der Waals surface area (Å²) in [5.74, 6) is 1.64. The normalized spacial score (nSPS) is 13.5. The van der Waals surface area contributed by atoms with Crippen LogP contribution in [0.4, 0.5) is 0 Å². The minimum absolute atomic E-state index is 0.806. The fourth-order valence-electron chi connectivity index (χ4n) is 2.55. The molecule has 128 valence electrons. The van der Waals surface area contributed by atoms with Gasteiger partial charge in [0.1, 0.15) is 0 Å². The van der Waals surface area contributed by atoms with Crippen molar-refractivity contribution in [2.75, 3.05) is 40.9 Å². The average Bonchev–Trinajstić information content (AvgIpc) is 3.11. The topological polar surface area (TPSA) is 47.7 Å². The molecule has 1 fully saturated rings. The minimum Gasteiger partial charge on any atom is -0.493 e. The van der Waals surface area contributed by atoms with Crippen LogP contribution in [0.1, 0.15) is 38.7 Å². The Labute approximate surface area is 136 Å². The van der Waals surface area contributed by atoms with Gasteiger partial charge in [-0.3, -0.25) is 0 Å². The van der Waals surface area contributed by atoms with Crippen molar-refractivity contribution in [3.8, 4) is 11.5 Å². The maximum absolute atomic E-state index is 5.32. The van der Waals surface area contributed by atoms with Crippen molar-refractivity contribution in [1.29, 1.82) is 0 Å². The summed E-state index contributed by atoms with van der Waals surface area (Å²) in [5, 5.41) is 0. The molecule has 0 bridgehead atoms. The van der Waals surface area contributed by atoms with Gasteiger partial charge in [-0.2, -0.15) is 0 Å². The van der Waals surface area contributed by atoms with E-state index in [4.69, 9.17) is 9.47 Å². The van der Waals surface area contributed by atoms with Gasteiger partial charge >= 0.3 is 0 Å². The first-order valence-electron chi connectivity index (χ1n) is 8.34. The molecule has 0 saturated carbocycles. The number of rotatable bonds is 6. The third-order valence-electron chi connectivity index (χ3n) is 3.59. The van der Waals surface area contributed by atoms with Crippen LogP contribution in [0.15, 0.2) is 18.2 Å². The van der Waals surface area contributed by atoms with Crippen LogP contribution < -0.4 is 15.2 Å². The molecule has 0 radical (unpaired) electrons. The predicted molar refractivity (Wildman–Crippen MR) is 95.0 cm³/mol. The number of nitrogens with zero attached hydrogens (tertiary/aromatic N) is 1. The van der Waals surface area contributed by atoms with E-state index >= 15 is 0 Å². The minimum atomic E-state index is 0.806. The monoisotopic (exact) mass is 310 g/mol. The molecule has 1 aliphatic heterocycles. The molecule has 1 aliphatic rings. The second kappa shape index (κ2) is 13.4. The second-order valence-corrected chi connectivity index (χ2v) is 4.84. The van der Waals surface area contributed by atoms with Crippen molar-refractivity contribution >= 4 is 0 Å². The fourth-order valence-corrected chi connectivity index (χ4v) is 2.55. The van der Waals surface area contributed by atoms with E-state index in [9.17, 15) is 0 Å². The molecular formula is C18H34N2O2. The number of methoxy groups -OCH3 is 2. The molecule has 0 aliphatic carbocycles. The summed E-state index contributed by atoms with van der Waals surface area (Å²) in [7, 11) is 4.86. The van der Waals surface area contributed by atoms with Crippen LogP contribution in [0, 0.1) is 0 Å². The van der Waals surface area contributed by atoms with E-state index in [2.05, 4.69) is 22.8 Å². The molecule has 1 aromatic rings. The summed E-state index contributed by atoms with van der Waals surface area (Å²) in [5.41, 5.74) is 5.83. The Morgan fingerprint density at radius 2 is 1.59 bits per heavy atom. The highest BCUT2D eigenvalue weighted by atomic mass is 16.5. The molecule has 0 amide bonds. The predicted octanol–water partition coefficient (Wildman–Crippen LogP) is 3.33. The number of hydrogen-bond donors (Lipinski definition) is 1. The van der Waals surface area contributed by atoms with Gasteiger partial charge in [0.15, 0.2) is 11.5 Å².